The lowest BCUT2D eigenvalue weighted by atomic mass is 9.65. The van der Waals surface area contributed by atoms with Crippen LogP contribution in [0.2, 0.25) is 0 Å². The second-order valence-electron chi connectivity index (χ2n) is 16.5. The Hall–Kier alpha value is -1.68. The highest BCUT2D eigenvalue weighted by Gasteiger charge is 2.37. The number of ether oxygens (including phenoxy) is 1. The Morgan fingerprint density at radius 1 is 0.643 bits per heavy atom. The topological polar surface area (TPSA) is 61.3 Å². The van der Waals surface area contributed by atoms with Gasteiger partial charge in [0, 0.05) is 12.0 Å². The summed E-state index contributed by atoms with van der Waals surface area (Å²) in [5.74, 6) is 1.17. The zero-order valence-electron chi connectivity index (χ0n) is 29.0. The number of nitrogens with two attached hydrogens (primary N) is 2. The van der Waals surface area contributed by atoms with Crippen molar-refractivity contribution in [1.82, 2.24) is 0 Å². The van der Waals surface area contributed by atoms with Gasteiger partial charge in [-0.25, -0.2) is 0 Å². The Labute approximate surface area is 259 Å². The van der Waals surface area contributed by atoms with E-state index in [0.717, 1.165) is 39.1 Å². The quantitative estimate of drug-likeness (QED) is 0.296. The highest BCUT2D eigenvalue weighted by Crippen LogP contribution is 2.44. The summed E-state index contributed by atoms with van der Waals surface area (Å²) in [5, 5.41) is 0. The summed E-state index contributed by atoms with van der Waals surface area (Å²) in [4.78, 5) is 0. The van der Waals surface area contributed by atoms with Crippen molar-refractivity contribution >= 4 is 0 Å². The monoisotopic (exact) mass is 577 g/mol. The van der Waals surface area contributed by atoms with Crippen molar-refractivity contribution in [1.29, 1.82) is 0 Å². The summed E-state index contributed by atoms with van der Waals surface area (Å²) in [6.45, 7) is 26.2. The van der Waals surface area contributed by atoms with Crippen molar-refractivity contribution in [3.63, 3.8) is 0 Å². The summed E-state index contributed by atoms with van der Waals surface area (Å²) in [7, 11) is 0. The largest absolute Gasteiger partial charge is 0.380 e. The molecule has 1 heterocycles. The fourth-order valence-corrected chi connectivity index (χ4v) is 6.07. The normalized spacial score (nSPS) is 17.9. The molecular formula is C39H64N2O. The van der Waals surface area contributed by atoms with E-state index in [1.807, 2.05) is 0 Å². The number of hydrogen-bond acceptors (Lipinski definition) is 3. The van der Waals surface area contributed by atoms with Crippen LogP contribution in [0.25, 0.3) is 0 Å². The van der Waals surface area contributed by atoms with Crippen LogP contribution in [-0.2, 0) is 28.4 Å². The van der Waals surface area contributed by atoms with Crippen LogP contribution in [-0.4, -0.2) is 26.3 Å². The van der Waals surface area contributed by atoms with Crippen molar-refractivity contribution in [3.05, 3.63) is 69.8 Å². The summed E-state index contributed by atoms with van der Waals surface area (Å²) in [6.07, 6.45) is 8.71. The van der Waals surface area contributed by atoms with Crippen LogP contribution in [0.3, 0.4) is 0 Å². The zero-order chi connectivity index (χ0) is 31.3. The maximum atomic E-state index is 6.01. The van der Waals surface area contributed by atoms with Crippen LogP contribution < -0.4 is 11.5 Å². The second-order valence-corrected chi connectivity index (χ2v) is 16.5. The molecule has 0 spiro atoms. The van der Waals surface area contributed by atoms with E-state index in [9.17, 15) is 0 Å². The molecule has 3 heteroatoms. The van der Waals surface area contributed by atoms with Gasteiger partial charge < -0.3 is 16.2 Å². The average Bonchev–Trinajstić information content (AvgIpc) is 2.87. The molecule has 0 bridgehead atoms. The van der Waals surface area contributed by atoms with Gasteiger partial charge >= 0.3 is 0 Å². The SMILES string of the molecule is CC(C)c1cc(CCC2(CN)CCC2)cc(C(C)(C)C)c1.CC(C)c1cc(CCC2(CN)COC2)cc(C(C)(C)C)c1. The third-order valence-electron chi connectivity index (χ3n) is 10.1. The van der Waals surface area contributed by atoms with Gasteiger partial charge in [-0.3, -0.25) is 0 Å². The Kier molecular flexibility index (Phi) is 11.6. The molecule has 0 radical (unpaired) electrons. The molecule has 0 amide bonds. The maximum Gasteiger partial charge on any atom is 0.0557 e. The second kappa shape index (κ2) is 14.0. The first kappa shape index (κ1) is 34.8. The van der Waals surface area contributed by atoms with E-state index in [1.165, 1.54) is 65.5 Å². The van der Waals surface area contributed by atoms with Crippen LogP contribution in [0.5, 0.6) is 0 Å². The minimum atomic E-state index is 0.199. The molecule has 3 nitrogen and oxygen atoms in total. The Balaban J connectivity index is 0.000000230. The van der Waals surface area contributed by atoms with Crippen molar-refractivity contribution in [2.24, 2.45) is 22.3 Å². The fourth-order valence-electron chi connectivity index (χ4n) is 6.07. The third-order valence-corrected chi connectivity index (χ3v) is 10.1. The lowest BCUT2D eigenvalue weighted by Gasteiger charge is -2.41. The van der Waals surface area contributed by atoms with Gasteiger partial charge in [0.1, 0.15) is 0 Å². The molecule has 42 heavy (non-hydrogen) atoms. The van der Waals surface area contributed by atoms with Gasteiger partial charge in [0.15, 0.2) is 0 Å². The van der Waals surface area contributed by atoms with E-state index in [1.54, 1.807) is 0 Å². The first-order chi connectivity index (χ1) is 19.5. The molecule has 2 aliphatic rings. The van der Waals surface area contributed by atoms with Crippen molar-refractivity contribution in [3.8, 4) is 0 Å². The molecular weight excluding hydrogens is 512 g/mol. The fraction of sp³-hybridized carbons (Fsp3) is 0.692. The highest BCUT2D eigenvalue weighted by atomic mass is 16.5. The predicted octanol–water partition coefficient (Wildman–Crippen LogP) is 9.18. The van der Waals surface area contributed by atoms with Gasteiger partial charge in [-0.15, -0.1) is 0 Å². The van der Waals surface area contributed by atoms with E-state index < -0.39 is 0 Å². The molecule has 4 N–H and O–H groups in total. The van der Waals surface area contributed by atoms with Gasteiger partial charge in [-0.05, 0) is 107 Å². The van der Waals surface area contributed by atoms with E-state index in [0.29, 0.717) is 17.3 Å². The van der Waals surface area contributed by atoms with E-state index in [-0.39, 0.29) is 16.2 Å². The zero-order valence-corrected chi connectivity index (χ0v) is 29.0. The molecule has 236 valence electrons. The average molecular weight is 577 g/mol. The number of benzene rings is 2. The molecule has 1 saturated carbocycles. The molecule has 4 rings (SSSR count). The van der Waals surface area contributed by atoms with Crippen LogP contribution >= 0.6 is 0 Å². The molecule has 1 aliphatic carbocycles. The van der Waals surface area contributed by atoms with Gasteiger partial charge in [0.05, 0.1) is 13.2 Å². The van der Waals surface area contributed by atoms with E-state index >= 15 is 0 Å². The number of hydrogen-bond donors (Lipinski definition) is 2. The first-order valence-corrected chi connectivity index (χ1v) is 16.8. The molecule has 0 aromatic heterocycles. The van der Waals surface area contributed by atoms with Gasteiger partial charge in [0.25, 0.3) is 0 Å². The summed E-state index contributed by atoms with van der Waals surface area (Å²) in [6, 6.07) is 14.4. The summed E-state index contributed by atoms with van der Waals surface area (Å²) < 4.78 is 5.38. The Morgan fingerprint density at radius 2 is 1.05 bits per heavy atom. The van der Waals surface area contributed by atoms with Crippen molar-refractivity contribution in [2.75, 3.05) is 26.3 Å². The lowest BCUT2D eigenvalue weighted by Crippen LogP contribution is -2.48. The number of aryl methyl sites for hydroxylation is 2. The molecule has 0 unspecified atom stereocenters. The minimum absolute atomic E-state index is 0.199. The van der Waals surface area contributed by atoms with Gasteiger partial charge in [0.2, 0.25) is 0 Å². The smallest absolute Gasteiger partial charge is 0.0557 e. The van der Waals surface area contributed by atoms with E-state index in [4.69, 9.17) is 16.2 Å². The van der Waals surface area contributed by atoms with Crippen LogP contribution in [0.15, 0.2) is 36.4 Å². The molecule has 1 saturated heterocycles. The van der Waals surface area contributed by atoms with Gasteiger partial charge in [-0.2, -0.15) is 0 Å². The lowest BCUT2D eigenvalue weighted by molar-refractivity contribution is -0.111. The molecule has 2 aromatic carbocycles. The van der Waals surface area contributed by atoms with Crippen LogP contribution in [0.4, 0.5) is 0 Å². The predicted molar refractivity (Wildman–Crippen MR) is 183 cm³/mol. The molecule has 1 aliphatic heterocycles. The maximum absolute atomic E-state index is 6.01. The third kappa shape index (κ3) is 9.16. The number of rotatable bonds is 10. The molecule has 2 aromatic rings. The molecule has 2 fully saturated rings. The standard InChI is InChI=1S/C20H33N.C19H31NO/c1-15(2)17-11-16(12-18(13-17)19(3,4)5)7-10-20(14-21)8-6-9-20;1-14(2)16-8-15(9-17(10-16)18(3,4)5)6-7-19(11-20)12-21-13-19/h11-13,15H,6-10,14,21H2,1-5H3;8-10,14H,6-7,11-13,20H2,1-5H3. The van der Waals surface area contributed by atoms with Crippen molar-refractivity contribution in [2.45, 2.75) is 137 Å². The Morgan fingerprint density at radius 3 is 1.31 bits per heavy atom. The Bertz CT molecular complexity index is 1040. The van der Waals surface area contributed by atoms with Crippen molar-refractivity contribution < 1.29 is 4.74 Å². The summed E-state index contributed by atoms with van der Waals surface area (Å²) in [5.41, 5.74) is 21.8. The minimum Gasteiger partial charge on any atom is -0.380 e. The van der Waals surface area contributed by atoms with Crippen LogP contribution in [0, 0.1) is 10.8 Å². The summed E-state index contributed by atoms with van der Waals surface area (Å²) >= 11 is 0. The van der Waals surface area contributed by atoms with Crippen LogP contribution in [0.1, 0.15) is 147 Å². The molecule has 0 atom stereocenters. The highest BCUT2D eigenvalue weighted by molar-refractivity contribution is 5.37. The van der Waals surface area contributed by atoms with Gasteiger partial charge in [-0.1, -0.05) is 112 Å². The first-order valence-electron chi connectivity index (χ1n) is 16.8. The van der Waals surface area contributed by atoms with E-state index in [2.05, 4.69) is 106 Å².